The van der Waals surface area contributed by atoms with E-state index in [0.717, 1.165) is 30.3 Å². The number of esters is 2. The van der Waals surface area contributed by atoms with Crippen LogP contribution in [0.3, 0.4) is 0 Å². The van der Waals surface area contributed by atoms with Crippen molar-refractivity contribution in [3.05, 3.63) is 90.4 Å². The Hall–Kier alpha value is -4.34. The minimum absolute atomic E-state index is 0.0493. The summed E-state index contributed by atoms with van der Waals surface area (Å²) in [7, 11) is -2.37. The molecule has 0 aromatic heterocycles. The van der Waals surface area contributed by atoms with Gasteiger partial charge in [0.15, 0.2) is 12.4 Å². The first-order chi connectivity index (χ1) is 26.2. The van der Waals surface area contributed by atoms with E-state index in [2.05, 4.69) is 23.5 Å². The summed E-state index contributed by atoms with van der Waals surface area (Å²) >= 11 is 17.2. The third-order valence-corrected chi connectivity index (χ3v) is 7.09. The minimum atomic E-state index is -4.61. The number of carbonyl (C=O) groups is 4. The summed E-state index contributed by atoms with van der Waals surface area (Å²) in [6, 6.07) is 8.25. The van der Waals surface area contributed by atoms with Crippen LogP contribution in [0.25, 0.3) is 0 Å². The van der Waals surface area contributed by atoms with Crippen molar-refractivity contribution in [2.45, 2.75) is 13.1 Å². The molecule has 0 aliphatic rings. The molecule has 1 atom stereocenters. The predicted octanol–water partition coefficient (Wildman–Crippen LogP) is 6.14. The van der Waals surface area contributed by atoms with Crippen LogP contribution >= 0.6 is 42.4 Å². The highest BCUT2D eigenvalue weighted by molar-refractivity contribution is 7.94. The lowest BCUT2D eigenvalue weighted by Crippen LogP contribution is -2.25. The fourth-order valence-corrected chi connectivity index (χ4v) is 4.51. The molecule has 0 saturated carbocycles. The molecule has 0 amide bonds. The SMILES string of the molecule is CCOC(=O)COC(=O)c1cc(Oc2ccc(C(F)(F)F)cc2Cl)ccc1[N+](=O)[O-].COc1c(Cl)ccc(Cl)c1C(=O)O.C[S+](C)C.O=C(O)CNCP(=O)([O-])O. The normalized spacial score (nSPS) is 11.5. The van der Waals surface area contributed by atoms with E-state index < -0.39 is 78.8 Å². The molecule has 0 saturated heterocycles. The van der Waals surface area contributed by atoms with Crippen LogP contribution in [0.4, 0.5) is 18.9 Å². The number of benzene rings is 3. The molecule has 3 rings (SSSR count). The van der Waals surface area contributed by atoms with Crippen LogP contribution in [0.15, 0.2) is 48.5 Å². The van der Waals surface area contributed by atoms with Crippen LogP contribution in [0.1, 0.15) is 33.2 Å². The van der Waals surface area contributed by atoms with Gasteiger partial charge in [-0.2, -0.15) is 13.2 Å². The number of nitrogens with zero attached hydrogens (tertiary/aromatic N) is 1. The van der Waals surface area contributed by atoms with E-state index in [9.17, 15) is 51.9 Å². The van der Waals surface area contributed by atoms with Gasteiger partial charge in [-0.3, -0.25) is 20.2 Å². The van der Waals surface area contributed by atoms with Gasteiger partial charge in [0.05, 0.1) is 70.9 Å². The molecule has 0 aliphatic heterocycles. The van der Waals surface area contributed by atoms with Gasteiger partial charge >= 0.3 is 30.1 Å². The number of nitro groups is 1. The zero-order valence-corrected chi connectivity index (χ0v) is 34.2. The molecule has 0 radical (unpaired) electrons. The van der Waals surface area contributed by atoms with Crippen molar-refractivity contribution < 1.29 is 80.8 Å². The Kier molecular flexibility index (Phi) is 23.2. The molecular formula is C32H35Cl3F3N2O15PS. The molecule has 17 nitrogen and oxygen atoms in total. The van der Waals surface area contributed by atoms with Crippen LogP contribution in [0, 0.1) is 10.1 Å². The second kappa shape index (κ2) is 25.1. The van der Waals surface area contributed by atoms with Gasteiger partial charge in [0.2, 0.25) is 0 Å². The van der Waals surface area contributed by atoms with Gasteiger partial charge in [-0.25, -0.2) is 14.4 Å². The number of nitro benzene ring substituents is 1. The van der Waals surface area contributed by atoms with Gasteiger partial charge in [0.1, 0.15) is 30.2 Å². The van der Waals surface area contributed by atoms with E-state index in [-0.39, 0.29) is 44.5 Å². The number of carboxylic acids is 2. The number of methoxy groups -OCH3 is 1. The molecule has 4 N–H and O–H groups in total. The largest absolute Gasteiger partial charge is 0.778 e. The second-order valence-electron chi connectivity index (χ2n) is 10.6. The van der Waals surface area contributed by atoms with Gasteiger partial charge in [-0.1, -0.05) is 34.8 Å². The van der Waals surface area contributed by atoms with Gasteiger partial charge in [0, 0.05) is 12.1 Å². The highest BCUT2D eigenvalue weighted by Crippen LogP contribution is 2.37. The lowest BCUT2D eigenvalue weighted by Gasteiger charge is -2.14. The monoisotopic (exact) mass is 912 g/mol. The summed E-state index contributed by atoms with van der Waals surface area (Å²) in [5.41, 5.74) is -2.27. The Morgan fingerprint density at radius 3 is 1.96 bits per heavy atom. The number of carboxylic acid groups (broad SMARTS) is 2. The Morgan fingerprint density at radius 1 is 0.947 bits per heavy atom. The van der Waals surface area contributed by atoms with Crippen molar-refractivity contribution >= 4 is 82.9 Å². The zero-order chi connectivity index (χ0) is 44.3. The molecular weight excluding hydrogens is 879 g/mol. The van der Waals surface area contributed by atoms with Crippen molar-refractivity contribution in [3.8, 4) is 17.2 Å². The lowest BCUT2D eigenvalue weighted by atomic mass is 10.1. The number of aromatic carboxylic acids is 1. The Morgan fingerprint density at radius 2 is 1.53 bits per heavy atom. The van der Waals surface area contributed by atoms with Crippen molar-refractivity contribution in [1.29, 1.82) is 0 Å². The molecule has 316 valence electrons. The summed E-state index contributed by atoms with van der Waals surface area (Å²) < 4.78 is 67.5. The molecule has 25 heteroatoms. The first-order valence-corrected chi connectivity index (χ1v) is 20.5. The highest BCUT2D eigenvalue weighted by Gasteiger charge is 2.31. The third-order valence-electron chi connectivity index (χ3n) is 5.56. The topological polar surface area (TPSA) is 261 Å². The fraction of sp³-hybridized carbons (Fsp3) is 0.312. The van der Waals surface area contributed by atoms with E-state index >= 15 is 0 Å². The molecule has 0 aliphatic carbocycles. The molecule has 3 aromatic carbocycles. The number of carbonyl (C=O) groups excluding carboxylic acids is 2. The minimum Gasteiger partial charge on any atom is -0.778 e. The maximum absolute atomic E-state index is 12.7. The number of alkyl halides is 3. The van der Waals surface area contributed by atoms with Gasteiger partial charge < -0.3 is 43.5 Å². The zero-order valence-electron chi connectivity index (χ0n) is 30.3. The average molecular weight is 914 g/mol. The Labute approximate surface area is 340 Å². The number of rotatable bonds is 13. The standard InChI is InChI=1S/C18H13ClF3NO7.C8H6Cl2O3.C3H8NO5P.C3H9S/c1-2-28-16(24)9-29-17(25)12-8-11(4-5-14(12)23(26)27)30-15-6-3-10(7-13(15)19)18(20,21)22;1-13-7-5(10)3-2-4(9)6(7)8(11)12;5-3(6)1-4-2-10(7,8)9;1-4(2)3/h3-8H,2,9H2,1H3;2-3H,1H3,(H,11,12);4H,1-2H2,(H,5,6)(H2,7,8,9);1-3H3/q;;;+1/p-1. The summed E-state index contributed by atoms with van der Waals surface area (Å²) in [6.07, 6.45) is 1.27. The van der Waals surface area contributed by atoms with Crippen molar-refractivity contribution in [2.24, 2.45) is 0 Å². The van der Waals surface area contributed by atoms with Crippen molar-refractivity contribution in [2.75, 3.05) is 51.9 Å². The first kappa shape index (κ1) is 52.7. The molecule has 57 heavy (non-hydrogen) atoms. The molecule has 0 spiro atoms. The van der Waals surface area contributed by atoms with E-state index in [0.29, 0.717) is 17.0 Å². The highest BCUT2D eigenvalue weighted by atomic mass is 35.5. The van der Waals surface area contributed by atoms with Gasteiger partial charge in [0.25, 0.3) is 5.69 Å². The molecule has 1 unspecified atom stereocenters. The first-order valence-electron chi connectivity index (χ1n) is 15.1. The number of ether oxygens (including phenoxy) is 4. The van der Waals surface area contributed by atoms with E-state index in [1.807, 2.05) is 5.32 Å². The number of hydrogen-bond donors (Lipinski definition) is 4. The lowest BCUT2D eigenvalue weighted by molar-refractivity contribution is -0.385. The predicted molar refractivity (Wildman–Crippen MR) is 202 cm³/mol. The number of nitrogens with one attached hydrogen (secondary N) is 1. The van der Waals surface area contributed by atoms with E-state index in [4.69, 9.17) is 64.1 Å². The number of halogens is 6. The maximum Gasteiger partial charge on any atom is 0.416 e. The Bertz CT molecular complexity index is 1920. The smallest absolute Gasteiger partial charge is 0.416 e. The van der Waals surface area contributed by atoms with Gasteiger partial charge in [-0.05, 0) is 54.2 Å². The fourth-order valence-electron chi connectivity index (χ4n) is 3.43. The van der Waals surface area contributed by atoms with Crippen LogP contribution in [-0.4, -0.2) is 95.8 Å². The number of aliphatic carboxylic acids is 1. The quantitative estimate of drug-likeness (QED) is 0.0494. The van der Waals surface area contributed by atoms with Crippen molar-refractivity contribution in [1.82, 2.24) is 5.32 Å². The summed E-state index contributed by atoms with van der Waals surface area (Å²) in [4.78, 5) is 72.3. The van der Waals surface area contributed by atoms with Crippen molar-refractivity contribution in [3.63, 3.8) is 0 Å². The molecule has 3 aromatic rings. The summed E-state index contributed by atoms with van der Waals surface area (Å²) in [5.74, 6) is -4.61. The second-order valence-corrected chi connectivity index (χ2v) is 15.9. The van der Waals surface area contributed by atoms with E-state index in [1.54, 1.807) is 0 Å². The van der Waals surface area contributed by atoms with Crippen LogP contribution in [0.5, 0.6) is 17.2 Å². The number of hydrogen-bond acceptors (Lipinski definition) is 13. The third kappa shape index (κ3) is 21.1. The Balaban J connectivity index is 0.000000947. The average Bonchev–Trinajstić information content (AvgIpc) is 3.08. The summed E-state index contributed by atoms with van der Waals surface area (Å²) in [6.45, 7) is 0.345. The molecule has 0 fully saturated rings. The molecule has 0 bridgehead atoms. The molecule has 0 heterocycles. The van der Waals surface area contributed by atoms with Gasteiger partial charge in [-0.15, -0.1) is 0 Å². The van der Waals surface area contributed by atoms with Crippen LogP contribution in [0.2, 0.25) is 15.1 Å². The van der Waals surface area contributed by atoms with E-state index in [1.165, 1.54) is 26.2 Å². The van der Waals surface area contributed by atoms with Crippen LogP contribution in [-0.2, 0) is 40.7 Å². The van der Waals surface area contributed by atoms with Crippen LogP contribution < -0.4 is 19.7 Å². The maximum atomic E-state index is 12.7. The summed E-state index contributed by atoms with van der Waals surface area (Å²) in [5, 5.41) is 29.9.